The van der Waals surface area contributed by atoms with Crippen molar-refractivity contribution < 1.29 is 34.2 Å². The largest absolute Gasteiger partial charge is 0.481 e. The number of nitrogens with zero attached hydrogens (tertiary/aromatic N) is 1. The molecule has 8 heteroatoms. The summed E-state index contributed by atoms with van der Waals surface area (Å²) in [4.78, 5) is 41.7. The zero-order valence-electron chi connectivity index (χ0n) is 26.5. The summed E-state index contributed by atoms with van der Waals surface area (Å²) in [5, 5.41) is 25.0. The first-order chi connectivity index (χ1) is 19.6. The van der Waals surface area contributed by atoms with Gasteiger partial charge in [0.25, 0.3) is 0 Å². The molecule has 234 valence electrons. The standard InChI is InChI=1S/C34H51NO7/c1-20(18-36)23-10-15-34(29(39)40)17-16-32(6)24(28(23)34)8-9-26-30(4)13-12-27(35-42-22(3)38)31(5,19-41-21(2)37)25(30)11-14-33(26,32)7/h23-26,28,36H,1,8-19H2,2-7H3,(H,39,40)/t23-,24+,25+,26+,28+,30-,31?,32+,33+,34-/m0/s1. The minimum Gasteiger partial charge on any atom is -0.481 e. The van der Waals surface area contributed by atoms with Crippen molar-refractivity contribution in [2.24, 2.45) is 61.8 Å². The number of carboxylic acid groups (broad SMARTS) is 1. The van der Waals surface area contributed by atoms with Crippen LogP contribution in [-0.4, -0.2) is 47.0 Å². The first-order valence-corrected chi connectivity index (χ1v) is 16.0. The molecule has 0 heterocycles. The average Bonchev–Trinajstić information content (AvgIpc) is 3.32. The van der Waals surface area contributed by atoms with Crippen molar-refractivity contribution in [2.45, 2.75) is 106 Å². The van der Waals surface area contributed by atoms with Gasteiger partial charge in [0.15, 0.2) is 0 Å². The van der Waals surface area contributed by atoms with Crippen molar-refractivity contribution in [1.82, 2.24) is 0 Å². The van der Waals surface area contributed by atoms with Crippen LogP contribution in [0, 0.1) is 56.7 Å². The minimum absolute atomic E-state index is 0.000224. The van der Waals surface area contributed by atoms with Gasteiger partial charge < -0.3 is 19.8 Å². The summed E-state index contributed by atoms with van der Waals surface area (Å²) in [5.41, 5.74) is 0.237. The number of oxime groups is 1. The summed E-state index contributed by atoms with van der Waals surface area (Å²) >= 11 is 0. The number of carbonyl (C=O) groups excluding carboxylic acids is 2. The normalized spacial score (nSPS) is 46.9. The van der Waals surface area contributed by atoms with Gasteiger partial charge in [0.1, 0.15) is 6.61 Å². The van der Waals surface area contributed by atoms with Crippen LogP contribution < -0.4 is 0 Å². The first kappa shape index (κ1) is 31.2. The van der Waals surface area contributed by atoms with Crippen LogP contribution in [0.3, 0.4) is 0 Å². The predicted molar refractivity (Wildman–Crippen MR) is 158 cm³/mol. The molecule has 0 spiro atoms. The van der Waals surface area contributed by atoms with Crippen LogP contribution in [0.15, 0.2) is 17.3 Å². The Morgan fingerprint density at radius 2 is 1.62 bits per heavy atom. The maximum absolute atomic E-state index is 12.9. The lowest BCUT2D eigenvalue weighted by Gasteiger charge is -2.72. The maximum Gasteiger partial charge on any atom is 0.331 e. The lowest BCUT2D eigenvalue weighted by Crippen LogP contribution is -2.67. The fourth-order valence-electron chi connectivity index (χ4n) is 11.9. The van der Waals surface area contributed by atoms with Gasteiger partial charge in [-0.3, -0.25) is 9.59 Å². The van der Waals surface area contributed by atoms with Crippen LogP contribution >= 0.6 is 0 Å². The number of rotatable bonds is 6. The third-order valence-electron chi connectivity index (χ3n) is 14.0. The zero-order chi connectivity index (χ0) is 30.9. The lowest BCUT2D eigenvalue weighted by atomic mass is 9.32. The number of ether oxygens (including phenoxy) is 1. The Labute approximate surface area is 250 Å². The number of aliphatic hydroxyl groups is 1. The van der Waals surface area contributed by atoms with E-state index in [-0.39, 0.29) is 59.1 Å². The molecular weight excluding hydrogens is 534 g/mol. The summed E-state index contributed by atoms with van der Waals surface area (Å²) in [7, 11) is 0. The molecule has 0 aromatic rings. The van der Waals surface area contributed by atoms with Gasteiger partial charge in [-0.15, -0.1) is 0 Å². The highest BCUT2D eigenvalue weighted by Crippen LogP contribution is 2.77. The van der Waals surface area contributed by atoms with Crippen molar-refractivity contribution in [2.75, 3.05) is 13.2 Å². The Morgan fingerprint density at radius 3 is 2.24 bits per heavy atom. The molecule has 2 N–H and O–H groups in total. The highest BCUT2D eigenvalue weighted by atomic mass is 16.7. The van der Waals surface area contributed by atoms with E-state index in [0.717, 1.165) is 56.2 Å². The Balaban J connectivity index is 1.53. The van der Waals surface area contributed by atoms with Crippen molar-refractivity contribution >= 4 is 23.6 Å². The van der Waals surface area contributed by atoms with Crippen molar-refractivity contribution in [3.63, 3.8) is 0 Å². The molecule has 0 radical (unpaired) electrons. The molecule has 5 rings (SSSR count). The Bertz CT molecular complexity index is 1200. The van der Waals surface area contributed by atoms with Crippen molar-refractivity contribution in [3.8, 4) is 0 Å². The van der Waals surface area contributed by atoms with E-state index in [9.17, 15) is 24.6 Å². The number of hydrogen-bond donors (Lipinski definition) is 2. The summed E-state index contributed by atoms with van der Waals surface area (Å²) in [6.07, 6.45) is 8.57. The molecule has 5 aliphatic carbocycles. The molecule has 8 nitrogen and oxygen atoms in total. The molecule has 0 amide bonds. The predicted octanol–water partition coefficient (Wildman–Crippen LogP) is 6.16. The van der Waals surface area contributed by atoms with Crippen LogP contribution in [0.2, 0.25) is 0 Å². The van der Waals surface area contributed by atoms with E-state index >= 15 is 0 Å². The van der Waals surface area contributed by atoms with E-state index in [4.69, 9.17) is 9.57 Å². The number of aliphatic hydroxyl groups excluding tert-OH is 1. The second-order valence-corrected chi connectivity index (χ2v) is 15.4. The number of carboxylic acids is 1. The van der Waals surface area contributed by atoms with Crippen LogP contribution in [0.5, 0.6) is 0 Å². The fraction of sp³-hybridized carbons (Fsp3) is 0.824. The van der Waals surface area contributed by atoms with Gasteiger partial charge in [0.2, 0.25) is 0 Å². The maximum atomic E-state index is 12.9. The van der Waals surface area contributed by atoms with E-state index < -0.39 is 22.8 Å². The molecule has 0 bridgehead atoms. The molecule has 1 unspecified atom stereocenters. The van der Waals surface area contributed by atoms with Gasteiger partial charge in [-0.25, -0.2) is 4.79 Å². The van der Waals surface area contributed by atoms with Crippen LogP contribution in [0.1, 0.15) is 106 Å². The number of carbonyl (C=O) groups is 3. The van der Waals surface area contributed by atoms with Crippen LogP contribution in [0.25, 0.3) is 0 Å². The van der Waals surface area contributed by atoms with Gasteiger partial charge >= 0.3 is 17.9 Å². The summed E-state index contributed by atoms with van der Waals surface area (Å²) in [6.45, 7) is 16.6. The van der Waals surface area contributed by atoms with E-state index in [2.05, 4.69) is 39.4 Å². The van der Waals surface area contributed by atoms with E-state index in [1.807, 2.05) is 0 Å². The number of fused-ring (bicyclic) bond motifs is 7. The number of esters is 1. The zero-order valence-corrected chi connectivity index (χ0v) is 26.5. The molecule has 0 aliphatic heterocycles. The van der Waals surface area contributed by atoms with Crippen LogP contribution in [0.4, 0.5) is 0 Å². The average molecular weight is 586 g/mol. The summed E-state index contributed by atoms with van der Waals surface area (Å²) in [6, 6.07) is 0. The van der Waals surface area contributed by atoms with Gasteiger partial charge in [0, 0.05) is 19.3 Å². The van der Waals surface area contributed by atoms with E-state index in [0.29, 0.717) is 25.2 Å². The highest BCUT2D eigenvalue weighted by Gasteiger charge is 2.72. The Morgan fingerprint density at radius 1 is 0.905 bits per heavy atom. The fourth-order valence-corrected chi connectivity index (χ4v) is 11.9. The molecule has 5 saturated carbocycles. The smallest absolute Gasteiger partial charge is 0.331 e. The molecular formula is C34H51NO7. The van der Waals surface area contributed by atoms with Gasteiger partial charge in [-0.1, -0.05) is 39.4 Å². The number of hydrogen-bond acceptors (Lipinski definition) is 7. The third-order valence-corrected chi connectivity index (χ3v) is 14.0. The molecule has 0 aromatic heterocycles. The quantitative estimate of drug-likeness (QED) is 0.166. The monoisotopic (exact) mass is 585 g/mol. The topological polar surface area (TPSA) is 122 Å². The SMILES string of the molecule is C=C(CO)[C@@H]1CC[C@]2(C(=O)O)CC[C@]3(C)[C@H](CC[C@@H]4[C@@]5(C)CCC(=NOC(C)=O)C(C)(COC(C)=O)[C@@H]5CC[C@]43C)[C@@H]12. The second kappa shape index (κ2) is 10.4. The molecule has 10 atom stereocenters. The molecule has 42 heavy (non-hydrogen) atoms. The van der Waals surface area contributed by atoms with Crippen molar-refractivity contribution in [1.29, 1.82) is 0 Å². The number of aliphatic carboxylic acids is 1. The molecule has 5 fully saturated rings. The van der Waals surface area contributed by atoms with Gasteiger partial charge in [-0.05, 0) is 116 Å². The van der Waals surface area contributed by atoms with E-state index in [1.165, 1.54) is 13.8 Å². The summed E-state index contributed by atoms with van der Waals surface area (Å²) in [5.74, 6) is -0.545. The highest BCUT2D eigenvalue weighted by molar-refractivity contribution is 5.91. The molecule has 0 aromatic carbocycles. The van der Waals surface area contributed by atoms with E-state index in [1.54, 1.807) is 0 Å². The first-order valence-electron chi connectivity index (χ1n) is 16.0. The molecule has 0 saturated heterocycles. The van der Waals surface area contributed by atoms with Crippen molar-refractivity contribution in [3.05, 3.63) is 12.2 Å². The van der Waals surface area contributed by atoms with Gasteiger partial charge in [-0.2, -0.15) is 0 Å². The summed E-state index contributed by atoms with van der Waals surface area (Å²) < 4.78 is 5.66. The second-order valence-electron chi connectivity index (χ2n) is 15.4. The van der Waals surface area contributed by atoms with Crippen LogP contribution in [-0.2, 0) is 24.0 Å². The Hall–Kier alpha value is -2.22. The molecule has 5 aliphatic rings. The Kier molecular flexibility index (Phi) is 7.77. The third kappa shape index (κ3) is 4.24. The lowest BCUT2D eigenvalue weighted by molar-refractivity contribution is -0.233. The van der Waals surface area contributed by atoms with Gasteiger partial charge in [0.05, 0.1) is 17.7 Å². The minimum atomic E-state index is -0.729.